The molecule has 1 heterocycles. The van der Waals surface area contributed by atoms with E-state index in [0.717, 1.165) is 10.9 Å². The fraction of sp³-hybridized carbons (Fsp3) is 0.0909. The Morgan fingerprint density at radius 2 is 2.13 bits per heavy atom. The van der Waals surface area contributed by atoms with Gasteiger partial charge in [0, 0.05) is 12.3 Å². The second-order valence-electron chi connectivity index (χ2n) is 3.15. The van der Waals surface area contributed by atoms with Gasteiger partial charge in [-0.1, -0.05) is 18.2 Å². The monoisotopic (exact) mass is 202 g/mol. The van der Waals surface area contributed by atoms with E-state index in [-0.39, 0.29) is 0 Å². The highest BCUT2D eigenvalue weighted by Gasteiger charge is 2.07. The van der Waals surface area contributed by atoms with Crippen LogP contribution >= 0.6 is 0 Å². The van der Waals surface area contributed by atoms with Crippen molar-refractivity contribution in [2.24, 2.45) is 0 Å². The van der Waals surface area contributed by atoms with Crippen LogP contribution in [0, 0.1) is 0 Å². The molecule has 1 aromatic heterocycles. The Kier molecular flexibility index (Phi) is 2.25. The van der Waals surface area contributed by atoms with Gasteiger partial charge in [-0.25, -0.2) is 0 Å². The van der Waals surface area contributed by atoms with Gasteiger partial charge in [-0.2, -0.15) is 0 Å². The van der Waals surface area contributed by atoms with Crippen LogP contribution in [0.15, 0.2) is 30.5 Å². The minimum Gasteiger partial charge on any atom is -0.423 e. The van der Waals surface area contributed by atoms with E-state index in [2.05, 4.69) is 4.98 Å². The lowest BCUT2D eigenvalue weighted by atomic mass is 10.2. The Balaban J connectivity index is 2.59. The van der Waals surface area contributed by atoms with Crippen molar-refractivity contribution in [2.75, 3.05) is 5.73 Å². The highest BCUT2D eigenvalue weighted by atomic mass is 16.5. The molecular weight excluding hydrogens is 192 g/mol. The van der Waals surface area contributed by atoms with Crippen LogP contribution in [0.25, 0.3) is 10.9 Å². The number of hydrogen-bond acceptors (Lipinski definition) is 4. The van der Waals surface area contributed by atoms with Gasteiger partial charge in [0.15, 0.2) is 5.75 Å². The molecule has 2 aromatic rings. The lowest BCUT2D eigenvalue weighted by Gasteiger charge is -2.06. The minimum atomic E-state index is -0.404. The summed E-state index contributed by atoms with van der Waals surface area (Å²) < 4.78 is 4.93. The molecule has 0 unspecified atom stereocenters. The van der Waals surface area contributed by atoms with Crippen LogP contribution in [0.2, 0.25) is 0 Å². The molecule has 0 bridgehead atoms. The van der Waals surface area contributed by atoms with E-state index in [9.17, 15) is 4.79 Å². The van der Waals surface area contributed by atoms with Crippen LogP contribution in [0.4, 0.5) is 5.69 Å². The van der Waals surface area contributed by atoms with Crippen molar-refractivity contribution in [3.63, 3.8) is 0 Å². The van der Waals surface area contributed by atoms with Crippen molar-refractivity contribution in [2.45, 2.75) is 6.92 Å². The molecule has 0 atom stereocenters. The first-order valence-electron chi connectivity index (χ1n) is 4.50. The summed E-state index contributed by atoms with van der Waals surface area (Å²) in [6.07, 6.45) is 1.46. The number of nitrogens with two attached hydrogens (primary N) is 1. The number of carbonyl (C=O) groups is 1. The van der Waals surface area contributed by atoms with Crippen LogP contribution in [0.5, 0.6) is 5.75 Å². The molecule has 15 heavy (non-hydrogen) atoms. The molecule has 2 rings (SSSR count). The largest absolute Gasteiger partial charge is 0.423 e. The molecule has 0 spiro atoms. The van der Waals surface area contributed by atoms with Crippen molar-refractivity contribution in [1.29, 1.82) is 0 Å². The van der Waals surface area contributed by atoms with E-state index in [0.29, 0.717) is 11.4 Å². The van der Waals surface area contributed by atoms with Crippen LogP contribution in [0.3, 0.4) is 0 Å². The molecule has 0 radical (unpaired) electrons. The standard InChI is InChI=1S/C11H10N2O2/c1-7(14)15-10-6-13-9-5-3-2-4-8(9)11(10)12/h2-6H,1H3,(H2,12,13). The summed E-state index contributed by atoms with van der Waals surface area (Å²) in [5, 5.41) is 0.788. The molecule has 76 valence electrons. The number of rotatable bonds is 1. The number of aromatic nitrogens is 1. The number of nitrogen functional groups attached to an aromatic ring is 1. The number of benzene rings is 1. The minimum absolute atomic E-state index is 0.307. The molecule has 0 aliphatic heterocycles. The first-order chi connectivity index (χ1) is 7.18. The maximum absolute atomic E-state index is 10.8. The van der Waals surface area contributed by atoms with Crippen LogP contribution in [-0.4, -0.2) is 11.0 Å². The molecule has 1 aromatic carbocycles. The van der Waals surface area contributed by atoms with Crippen molar-refractivity contribution in [3.8, 4) is 5.75 Å². The molecule has 0 aliphatic carbocycles. The third kappa shape index (κ3) is 1.74. The number of esters is 1. The first-order valence-corrected chi connectivity index (χ1v) is 4.50. The average molecular weight is 202 g/mol. The lowest BCUT2D eigenvalue weighted by Crippen LogP contribution is -2.04. The number of ether oxygens (including phenoxy) is 1. The normalized spacial score (nSPS) is 10.2. The van der Waals surface area contributed by atoms with Gasteiger partial charge in [-0.15, -0.1) is 0 Å². The average Bonchev–Trinajstić information content (AvgIpc) is 2.22. The highest BCUT2D eigenvalue weighted by molar-refractivity contribution is 5.93. The van der Waals surface area contributed by atoms with Crippen LogP contribution in [0.1, 0.15) is 6.92 Å². The molecule has 4 nitrogen and oxygen atoms in total. The van der Waals surface area contributed by atoms with Gasteiger partial charge in [0.05, 0.1) is 17.4 Å². The maximum atomic E-state index is 10.8. The zero-order chi connectivity index (χ0) is 10.8. The summed E-state index contributed by atoms with van der Waals surface area (Å²) in [4.78, 5) is 14.9. The van der Waals surface area contributed by atoms with Gasteiger partial charge in [-0.05, 0) is 6.07 Å². The second kappa shape index (κ2) is 3.57. The first kappa shape index (κ1) is 9.45. The van der Waals surface area contributed by atoms with Crippen LogP contribution in [-0.2, 0) is 4.79 Å². The van der Waals surface area contributed by atoms with Crippen molar-refractivity contribution in [1.82, 2.24) is 4.98 Å². The predicted octanol–water partition coefficient (Wildman–Crippen LogP) is 1.74. The van der Waals surface area contributed by atoms with Gasteiger partial charge in [0.25, 0.3) is 0 Å². The SMILES string of the molecule is CC(=O)Oc1cnc2ccccc2c1N. The number of fused-ring (bicyclic) bond motifs is 1. The summed E-state index contributed by atoms with van der Waals surface area (Å²) in [7, 11) is 0. The fourth-order valence-corrected chi connectivity index (χ4v) is 1.38. The number of anilines is 1. The highest BCUT2D eigenvalue weighted by Crippen LogP contribution is 2.28. The number of para-hydroxylation sites is 1. The molecular formula is C11H10N2O2. The van der Waals surface area contributed by atoms with E-state index in [1.54, 1.807) is 0 Å². The van der Waals surface area contributed by atoms with E-state index < -0.39 is 5.97 Å². The van der Waals surface area contributed by atoms with E-state index >= 15 is 0 Å². The Labute approximate surface area is 86.7 Å². The fourth-order valence-electron chi connectivity index (χ4n) is 1.38. The molecule has 2 N–H and O–H groups in total. The quantitative estimate of drug-likeness (QED) is 0.715. The van der Waals surface area contributed by atoms with E-state index in [4.69, 9.17) is 10.5 Å². The molecule has 4 heteroatoms. The number of hydrogen-bond donors (Lipinski definition) is 1. The van der Waals surface area contributed by atoms with Crippen LogP contribution < -0.4 is 10.5 Å². The summed E-state index contributed by atoms with van der Waals surface area (Å²) in [6.45, 7) is 1.33. The lowest BCUT2D eigenvalue weighted by molar-refractivity contribution is -0.131. The van der Waals surface area contributed by atoms with Gasteiger partial charge in [-0.3, -0.25) is 9.78 Å². The molecule has 0 aliphatic rings. The number of pyridine rings is 1. The summed E-state index contributed by atoms with van der Waals surface area (Å²) in [5.41, 5.74) is 7.07. The van der Waals surface area contributed by atoms with Gasteiger partial charge < -0.3 is 10.5 Å². The zero-order valence-electron chi connectivity index (χ0n) is 8.23. The molecule has 0 saturated heterocycles. The van der Waals surface area contributed by atoms with Gasteiger partial charge in [0.1, 0.15) is 0 Å². The Hall–Kier alpha value is -2.10. The van der Waals surface area contributed by atoms with Gasteiger partial charge in [0.2, 0.25) is 0 Å². The topological polar surface area (TPSA) is 65.2 Å². The Morgan fingerprint density at radius 1 is 1.40 bits per heavy atom. The number of carbonyl (C=O) groups excluding carboxylic acids is 1. The molecule has 0 saturated carbocycles. The Morgan fingerprint density at radius 3 is 2.87 bits per heavy atom. The maximum Gasteiger partial charge on any atom is 0.308 e. The Bertz CT molecular complexity index is 523. The van der Waals surface area contributed by atoms with Gasteiger partial charge >= 0.3 is 5.97 Å². The molecule has 0 amide bonds. The number of nitrogens with zero attached hydrogens (tertiary/aromatic N) is 1. The summed E-state index contributed by atoms with van der Waals surface area (Å²) >= 11 is 0. The zero-order valence-corrected chi connectivity index (χ0v) is 8.23. The third-order valence-electron chi connectivity index (χ3n) is 2.03. The second-order valence-corrected chi connectivity index (χ2v) is 3.15. The summed E-state index contributed by atoms with van der Waals surface area (Å²) in [6, 6.07) is 7.42. The third-order valence-corrected chi connectivity index (χ3v) is 2.03. The smallest absolute Gasteiger partial charge is 0.308 e. The molecule has 0 fully saturated rings. The van der Waals surface area contributed by atoms with Crippen molar-refractivity contribution >= 4 is 22.6 Å². The van der Waals surface area contributed by atoms with E-state index in [1.165, 1.54) is 13.1 Å². The predicted molar refractivity (Wildman–Crippen MR) is 57.5 cm³/mol. The van der Waals surface area contributed by atoms with Crippen molar-refractivity contribution < 1.29 is 9.53 Å². The van der Waals surface area contributed by atoms with Crippen molar-refractivity contribution in [3.05, 3.63) is 30.5 Å². The summed E-state index contributed by atoms with van der Waals surface area (Å²) in [5.74, 6) is -0.0972. The van der Waals surface area contributed by atoms with E-state index in [1.807, 2.05) is 24.3 Å².